The third-order valence-electron chi connectivity index (χ3n) is 3.81. The summed E-state index contributed by atoms with van der Waals surface area (Å²) in [5, 5.41) is 0.768. The molecule has 0 atom stereocenters. The summed E-state index contributed by atoms with van der Waals surface area (Å²) in [4.78, 5) is 2.13. The number of halogens is 1. The standard InChI is InChI=1S/C16H14ClNO3/c1-10-2-3-12(5-13(10)17)18-7-11-4-15-16(21-9-20-15)6-14(11)19-8-18/h2-6H,7-9H2,1H3. The number of nitrogens with zero attached hydrogens (tertiary/aromatic N) is 1. The van der Waals surface area contributed by atoms with Crippen LogP contribution >= 0.6 is 11.6 Å². The highest BCUT2D eigenvalue weighted by molar-refractivity contribution is 6.31. The van der Waals surface area contributed by atoms with Gasteiger partial charge in [0.15, 0.2) is 18.2 Å². The number of fused-ring (bicyclic) bond motifs is 2. The monoisotopic (exact) mass is 303 g/mol. The lowest BCUT2D eigenvalue weighted by Gasteiger charge is -2.31. The Morgan fingerprint density at radius 1 is 1.00 bits per heavy atom. The van der Waals surface area contributed by atoms with Crippen LogP contribution in [0, 0.1) is 6.92 Å². The minimum atomic E-state index is 0.273. The molecule has 0 amide bonds. The first-order chi connectivity index (χ1) is 10.2. The Labute approximate surface area is 127 Å². The molecule has 0 spiro atoms. The molecule has 4 nitrogen and oxygen atoms in total. The fourth-order valence-electron chi connectivity index (χ4n) is 2.57. The summed E-state index contributed by atoms with van der Waals surface area (Å²) in [6.07, 6.45) is 0. The zero-order valence-electron chi connectivity index (χ0n) is 11.6. The van der Waals surface area contributed by atoms with Crippen molar-refractivity contribution in [2.75, 3.05) is 18.4 Å². The van der Waals surface area contributed by atoms with Crippen LogP contribution in [-0.2, 0) is 6.54 Å². The van der Waals surface area contributed by atoms with Gasteiger partial charge >= 0.3 is 0 Å². The maximum atomic E-state index is 6.21. The topological polar surface area (TPSA) is 30.9 Å². The van der Waals surface area contributed by atoms with E-state index in [1.54, 1.807) is 0 Å². The molecule has 0 N–H and O–H groups in total. The van der Waals surface area contributed by atoms with Crippen molar-refractivity contribution in [3.05, 3.63) is 46.5 Å². The maximum absolute atomic E-state index is 6.21. The van der Waals surface area contributed by atoms with Crippen molar-refractivity contribution in [3.8, 4) is 17.2 Å². The number of benzene rings is 2. The van der Waals surface area contributed by atoms with Crippen LogP contribution in [-0.4, -0.2) is 13.5 Å². The van der Waals surface area contributed by atoms with Gasteiger partial charge in [-0.25, -0.2) is 0 Å². The molecule has 0 radical (unpaired) electrons. The number of rotatable bonds is 1. The minimum absolute atomic E-state index is 0.273. The van der Waals surface area contributed by atoms with Crippen LogP contribution in [0.3, 0.4) is 0 Å². The predicted molar refractivity (Wildman–Crippen MR) is 80.4 cm³/mol. The second kappa shape index (κ2) is 4.74. The van der Waals surface area contributed by atoms with Gasteiger partial charge in [0.2, 0.25) is 6.79 Å². The molecule has 0 saturated heterocycles. The van der Waals surface area contributed by atoms with Gasteiger partial charge in [-0.05, 0) is 30.7 Å². The molecule has 2 aliphatic rings. The Morgan fingerprint density at radius 2 is 1.81 bits per heavy atom. The number of ether oxygens (including phenoxy) is 3. The number of hydrogen-bond acceptors (Lipinski definition) is 4. The van der Waals surface area contributed by atoms with Crippen molar-refractivity contribution in [1.29, 1.82) is 0 Å². The molecular weight excluding hydrogens is 290 g/mol. The van der Waals surface area contributed by atoms with Crippen LogP contribution in [0.5, 0.6) is 17.2 Å². The van der Waals surface area contributed by atoms with Crippen LogP contribution in [0.4, 0.5) is 5.69 Å². The maximum Gasteiger partial charge on any atom is 0.231 e. The number of hydrogen-bond donors (Lipinski definition) is 0. The molecule has 2 aromatic rings. The van der Waals surface area contributed by atoms with Crippen LogP contribution in [0.25, 0.3) is 0 Å². The largest absolute Gasteiger partial charge is 0.473 e. The van der Waals surface area contributed by atoms with E-state index in [0.717, 1.165) is 45.6 Å². The SMILES string of the molecule is Cc1ccc(N2COc3cc4c(cc3C2)OCO4)cc1Cl. The lowest BCUT2D eigenvalue weighted by molar-refractivity contribution is 0.174. The van der Waals surface area contributed by atoms with Crippen molar-refractivity contribution in [3.63, 3.8) is 0 Å². The van der Waals surface area contributed by atoms with E-state index in [2.05, 4.69) is 11.0 Å². The van der Waals surface area contributed by atoms with E-state index in [4.69, 9.17) is 25.8 Å². The van der Waals surface area contributed by atoms with E-state index in [1.165, 1.54) is 0 Å². The lowest BCUT2D eigenvalue weighted by atomic mass is 10.1. The van der Waals surface area contributed by atoms with Gasteiger partial charge in [-0.2, -0.15) is 0 Å². The van der Waals surface area contributed by atoms with Crippen molar-refractivity contribution < 1.29 is 14.2 Å². The second-order valence-corrected chi connectivity index (χ2v) is 5.63. The molecule has 0 aliphatic carbocycles. The van der Waals surface area contributed by atoms with E-state index >= 15 is 0 Å². The predicted octanol–water partition coefficient (Wildman–Crippen LogP) is 3.73. The highest BCUT2D eigenvalue weighted by Crippen LogP contribution is 2.40. The van der Waals surface area contributed by atoms with Crippen LogP contribution in [0.15, 0.2) is 30.3 Å². The molecule has 2 aliphatic heterocycles. The fourth-order valence-corrected chi connectivity index (χ4v) is 2.74. The summed E-state index contributed by atoms with van der Waals surface area (Å²) in [5.74, 6) is 2.38. The zero-order chi connectivity index (χ0) is 14.4. The van der Waals surface area contributed by atoms with Gasteiger partial charge < -0.3 is 19.1 Å². The Morgan fingerprint density at radius 3 is 2.62 bits per heavy atom. The average molecular weight is 304 g/mol. The molecular formula is C16H14ClNO3. The van der Waals surface area contributed by atoms with Crippen molar-refractivity contribution >= 4 is 17.3 Å². The summed E-state index contributed by atoms with van der Waals surface area (Å²) < 4.78 is 16.6. The number of aryl methyl sites for hydroxylation is 1. The Kier molecular flexibility index (Phi) is 2.86. The van der Waals surface area contributed by atoms with Gasteiger partial charge in [0, 0.05) is 28.9 Å². The molecule has 2 aromatic carbocycles. The van der Waals surface area contributed by atoms with E-state index in [9.17, 15) is 0 Å². The molecule has 0 unspecified atom stereocenters. The Bertz CT molecular complexity index is 717. The summed E-state index contributed by atoms with van der Waals surface area (Å²) >= 11 is 6.21. The third kappa shape index (κ3) is 2.16. The fraction of sp³-hybridized carbons (Fsp3) is 0.250. The van der Waals surface area contributed by atoms with Gasteiger partial charge in [-0.3, -0.25) is 0 Å². The van der Waals surface area contributed by atoms with E-state index in [-0.39, 0.29) is 6.79 Å². The quantitative estimate of drug-likeness (QED) is 0.803. The average Bonchev–Trinajstić information content (AvgIpc) is 2.94. The van der Waals surface area contributed by atoms with Gasteiger partial charge in [0.1, 0.15) is 5.75 Å². The van der Waals surface area contributed by atoms with Crippen molar-refractivity contribution in [1.82, 2.24) is 0 Å². The highest BCUT2D eigenvalue weighted by Gasteiger charge is 2.23. The van der Waals surface area contributed by atoms with Crippen molar-refractivity contribution in [2.45, 2.75) is 13.5 Å². The van der Waals surface area contributed by atoms with Gasteiger partial charge in [0.05, 0.1) is 0 Å². The number of anilines is 1. The molecule has 0 bridgehead atoms. The Balaban J connectivity index is 1.65. The van der Waals surface area contributed by atoms with Gasteiger partial charge in [-0.1, -0.05) is 17.7 Å². The summed E-state index contributed by atoms with van der Waals surface area (Å²) in [7, 11) is 0. The zero-order valence-corrected chi connectivity index (χ0v) is 12.3. The van der Waals surface area contributed by atoms with Gasteiger partial charge in [-0.15, -0.1) is 0 Å². The first-order valence-electron chi connectivity index (χ1n) is 6.77. The molecule has 0 aromatic heterocycles. The van der Waals surface area contributed by atoms with Crippen molar-refractivity contribution in [2.24, 2.45) is 0 Å². The molecule has 21 heavy (non-hydrogen) atoms. The third-order valence-corrected chi connectivity index (χ3v) is 4.22. The normalized spacial score (nSPS) is 15.6. The summed E-state index contributed by atoms with van der Waals surface area (Å²) in [6.45, 7) is 3.52. The van der Waals surface area contributed by atoms with E-state index < -0.39 is 0 Å². The lowest BCUT2D eigenvalue weighted by Crippen LogP contribution is -2.31. The summed E-state index contributed by atoms with van der Waals surface area (Å²) in [6, 6.07) is 9.93. The van der Waals surface area contributed by atoms with E-state index in [1.807, 2.05) is 31.2 Å². The molecule has 0 saturated carbocycles. The smallest absolute Gasteiger partial charge is 0.231 e. The first-order valence-corrected chi connectivity index (χ1v) is 7.15. The molecule has 108 valence electrons. The molecule has 4 rings (SSSR count). The Hall–Kier alpha value is -2.07. The minimum Gasteiger partial charge on any atom is -0.473 e. The molecule has 0 fully saturated rings. The van der Waals surface area contributed by atoms with Crippen LogP contribution in [0.2, 0.25) is 5.02 Å². The first kappa shape index (κ1) is 12.7. The van der Waals surface area contributed by atoms with Gasteiger partial charge in [0.25, 0.3) is 0 Å². The highest BCUT2D eigenvalue weighted by atomic mass is 35.5. The molecule has 5 heteroatoms. The van der Waals surface area contributed by atoms with Crippen LogP contribution < -0.4 is 19.1 Å². The van der Waals surface area contributed by atoms with Crippen LogP contribution in [0.1, 0.15) is 11.1 Å². The second-order valence-electron chi connectivity index (χ2n) is 5.22. The summed E-state index contributed by atoms with van der Waals surface area (Å²) in [5.41, 5.74) is 3.21. The molecule has 2 heterocycles. The van der Waals surface area contributed by atoms with E-state index in [0.29, 0.717) is 6.73 Å².